The van der Waals surface area contributed by atoms with E-state index in [0.717, 1.165) is 0 Å². The summed E-state index contributed by atoms with van der Waals surface area (Å²) in [6.07, 6.45) is 16.2. The summed E-state index contributed by atoms with van der Waals surface area (Å²) in [7, 11) is 0. The van der Waals surface area contributed by atoms with Crippen LogP contribution in [0.1, 0.15) is 0 Å². The van der Waals surface area contributed by atoms with Gasteiger partial charge in [0.1, 0.15) is 0 Å². The molecule has 54 valence electrons. The van der Waals surface area contributed by atoms with Crippen LogP contribution in [-0.4, -0.2) is 5.67 Å². The van der Waals surface area contributed by atoms with Crippen LogP contribution in [0.2, 0.25) is 0 Å². The second kappa shape index (κ2) is 2.64. The molecule has 0 amide bonds. The van der Waals surface area contributed by atoms with Crippen molar-refractivity contribution < 1.29 is 4.39 Å². The van der Waals surface area contributed by atoms with Gasteiger partial charge in [0.15, 0.2) is 0 Å². The summed E-state index contributed by atoms with van der Waals surface area (Å²) in [5.74, 6) is 3.70. The predicted molar refractivity (Wildman–Crippen MR) is 43.3 cm³/mol. The Balaban J connectivity index is 3.00. The first-order valence-corrected chi connectivity index (χ1v) is 3.22. The minimum absolute atomic E-state index is 0.627. The molecule has 0 saturated carbocycles. The van der Waals surface area contributed by atoms with Crippen molar-refractivity contribution in [2.75, 3.05) is 0 Å². The third-order valence-electron chi connectivity index (χ3n) is 1.61. The van der Waals surface area contributed by atoms with Crippen molar-refractivity contribution in [2.45, 2.75) is 5.67 Å². The topological polar surface area (TPSA) is 0 Å². The van der Waals surface area contributed by atoms with Crippen LogP contribution in [0.3, 0.4) is 0 Å². The molecule has 11 heavy (non-hydrogen) atoms. The van der Waals surface area contributed by atoms with Gasteiger partial charge >= 0.3 is 0 Å². The average molecular weight is 146 g/mol. The number of alkyl halides is 1. The molecule has 0 aromatic rings. The summed E-state index contributed by atoms with van der Waals surface area (Å²) >= 11 is 0. The highest BCUT2D eigenvalue weighted by Gasteiger charge is 2.32. The minimum Gasteiger partial charge on any atom is -0.223 e. The molecule has 1 aliphatic carbocycles. The molecule has 0 heterocycles. The van der Waals surface area contributed by atoms with Crippen molar-refractivity contribution in [3.63, 3.8) is 0 Å². The van der Waals surface area contributed by atoms with Gasteiger partial charge in [0.25, 0.3) is 0 Å². The fourth-order valence-corrected chi connectivity index (χ4v) is 0.929. The van der Waals surface area contributed by atoms with E-state index in [0.29, 0.717) is 0 Å². The largest absolute Gasteiger partial charge is 0.223 e. The molecule has 0 aromatic carbocycles. The molecular formula is C10H7F. The summed E-state index contributed by atoms with van der Waals surface area (Å²) < 4.78 is 13.4. The van der Waals surface area contributed by atoms with Gasteiger partial charge in [-0.1, -0.05) is 30.1 Å². The van der Waals surface area contributed by atoms with Crippen molar-refractivity contribution in [3.05, 3.63) is 24.3 Å². The molecule has 0 N–H and O–H groups in total. The molecule has 0 nitrogen and oxygen atoms in total. The average Bonchev–Trinajstić information content (AvgIpc) is 2.05. The van der Waals surface area contributed by atoms with Crippen LogP contribution < -0.4 is 0 Å². The molecular weight excluding hydrogens is 139 g/mol. The first-order valence-electron chi connectivity index (χ1n) is 3.22. The lowest BCUT2D eigenvalue weighted by molar-refractivity contribution is 0.274. The van der Waals surface area contributed by atoms with Crippen molar-refractivity contribution in [3.8, 4) is 24.7 Å². The summed E-state index contributed by atoms with van der Waals surface area (Å²) in [6, 6.07) is 0. The molecule has 1 heteroatoms. The van der Waals surface area contributed by atoms with Gasteiger partial charge in [0, 0.05) is 0 Å². The summed E-state index contributed by atoms with van der Waals surface area (Å²) in [4.78, 5) is 0. The van der Waals surface area contributed by atoms with Gasteiger partial charge in [-0.15, -0.1) is 12.8 Å². The predicted octanol–water partition coefficient (Wildman–Crippen LogP) is 1.70. The van der Waals surface area contributed by atoms with Gasteiger partial charge in [-0.2, -0.15) is 0 Å². The molecule has 0 radical (unpaired) electrons. The Labute approximate surface area is 65.8 Å². The summed E-state index contributed by atoms with van der Waals surface area (Å²) in [6.45, 7) is 0. The third kappa shape index (κ3) is 1.18. The smallest absolute Gasteiger partial charge is 0.206 e. The van der Waals surface area contributed by atoms with E-state index in [1.165, 1.54) is 6.08 Å². The molecule has 0 bridgehead atoms. The van der Waals surface area contributed by atoms with E-state index < -0.39 is 11.6 Å². The maximum Gasteiger partial charge on any atom is 0.206 e. The zero-order chi connectivity index (χ0) is 8.32. The number of halogens is 1. The van der Waals surface area contributed by atoms with Crippen LogP contribution in [0.4, 0.5) is 4.39 Å². The van der Waals surface area contributed by atoms with Gasteiger partial charge in [-0.05, 0) is 6.08 Å². The van der Waals surface area contributed by atoms with Crippen molar-refractivity contribution in [2.24, 2.45) is 5.92 Å². The first-order chi connectivity index (χ1) is 5.23. The number of allylic oxidation sites excluding steroid dienone is 4. The zero-order valence-electron chi connectivity index (χ0n) is 5.92. The van der Waals surface area contributed by atoms with E-state index in [1.54, 1.807) is 18.2 Å². The number of hydrogen-bond donors (Lipinski definition) is 0. The number of terminal acetylenes is 2. The summed E-state index contributed by atoms with van der Waals surface area (Å²) in [5, 5.41) is 0. The van der Waals surface area contributed by atoms with Crippen molar-refractivity contribution >= 4 is 0 Å². The molecule has 1 rings (SSSR count). The molecule has 1 aliphatic rings. The lowest BCUT2D eigenvalue weighted by Crippen LogP contribution is -2.28. The molecule has 2 atom stereocenters. The minimum atomic E-state index is -1.79. The lowest BCUT2D eigenvalue weighted by atomic mass is 9.87. The summed E-state index contributed by atoms with van der Waals surface area (Å²) in [5.41, 5.74) is -1.79. The molecule has 2 unspecified atom stereocenters. The molecule has 0 spiro atoms. The van der Waals surface area contributed by atoms with Gasteiger partial charge in [-0.25, -0.2) is 4.39 Å². The first kappa shape index (κ1) is 7.63. The maximum atomic E-state index is 13.4. The van der Waals surface area contributed by atoms with Crippen LogP contribution in [0, 0.1) is 30.6 Å². The van der Waals surface area contributed by atoms with Crippen LogP contribution >= 0.6 is 0 Å². The Hall–Kier alpha value is -1.47. The maximum absolute atomic E-state index is 13.4. The SMILES string of the molecule is C#CC1C=CC=CC1(F)C#C. The Bertz CT molecular complexity index is 285. The monoisotopic (exact) mass is 146 g/mol. The standard InChI is InChI=1S/C10H7F/c1-3-9-7-5-6-8-10(9,11)4-2/h1-2,5-9H. The van der Waals surface area contributed by atoms with E-state index in [1.807, 2.05) is 5.92 Å². The fourth-order valence-electron chi connectivity index (χ4n) is 0.929. The Morgan fingerprint density at radius 1 is 1.36 bits per heavy atom. The van der Waals surface area contributed by atoms with Gasteiger partial charge in [0.2, 0.25) is 5.67 Å². The van der Waals surface area contributed by atoms with Crippen LogP contribution in [0.5, 0.6) is 0 Å². The van der Waals surface area contributed by atoms with Gasteiger partial charge in [0.05, 0.1) is 5.92 Å². The van der Waals surface area contributed by atoms with Crippen molar-refractivity contribution in [1.82, 2.24) is 0 Å². The van der Waals surface area contributed by atoms with E-state index in [-0.39, 0.29) is 0 Å². The molecule has 0 saturated heterocycles. The van der Waals surface area contributed by atoms with E-state index in [2.05, 4.69) is 5.92 Å². The third-order valence-corrected chi connectivity index (χ3v) is 1.61. The molecule has 0 fully saturated rings. The second-order valence-corrected chi connectivity index (χ2v) is 2.30. The van der Waals surface area contributed by atoms with Crippen molar-refractivity contribution in [1.29, 1.82) is 0 Å². The number of hydrogen-bond acceptors (Lipinski definition) is 0. The highest BCUT2D eigenvalue weighted by atomic mass is 19.1. The van der Waals surface area contributed by atoms with E-state index in [9.17, 15) is 4.39 Å². The van der Waals surface area contributed by atoms with Gasteiger partial charge in [-0.3, -0.25) is 0 Å². The fraction of sp³-hybridized carbons (Fsp3) is 0.200. The van der Waals surface area contributed by atoms with Crippen LogP contribution in [-0.2, 0) is 0 Å². The van der Waals surface area contributed by atoms with Gasteiger partial charge < -0.3 is 0 Å². The quantitative estimate of drug-likeness (QED) is 0.456. The molecule has 0 aliphatic heterocycles. The van der Waals surface area contributed by atoms with Crippen LogP contribution in [0.15, 0.2) is 24.3 Å². The zero-order valence-corrected chi connectivity index (χ0v) is 5.92. The van der Waals surface area contributed by atoms with E-state index >= 15 is 0 Å². The highest BCUT2D eigenvalue weighted by molar-refractivity contribution is 5.36. The second-order valence-electron chi connectivity index (χ2n) is 2.30. The Kier molecular flexibility index (Phi) is 1.83. The lowest BCUT2D eigenvalue weighted by Gasteiger charge is -2.21. The van der Waals surface area contributed by atoms with Crippen LogP contribution in [0.25, 0.3) is 0 Å². The normalized spacial score (nSPS) is 34.3. The Morgan fingerprint density at radius 2 is 2.09 bits per heavy atom. The number of rotatable bonds is 0. The Morgan fingerprint density at radius 3 is 2.55 bits per heavy atom. The van der Waals surface area contributed by atoms with E-state index in [4.69, 9.17) is 12.8 Å². The highest BCUT2D eigenvalue weighted by Crippen LogP contribution is 2.27. The molecule has 0 aromatic heterocycles.